The first-order chi connectivity index (χ1) is 6.50. The average Bonchev–Trinajstić information content (AvgIpc) is 2.10. The van der Waals surface area contributed by atoms with Gasteiger partial charge >= 0.3 is 0 Å². The van der Waals surface area contributed by atoms with E-state index in [0.29, 0.717) is 21.8 Å². The van der Waals surface area contributed by atoms with Crippen molar-refractivity contribution < 1.29 is 9.90 Å². The highest BCUT2D eigenvalue weighted by Crippen LogP contribution is 2.33. The number of aryl methyl sites for hydroxylation is 1. The lowest BCUT2D eigenvalue weighted by Crippen LogP contribution is -1.94. The van der Waals surface area contributed by atoms with Crippen molar-refractivity contribution in [3.8, 4) is 5.75 Å². The van der Waals surface area contributed by atoms with Crippen LogP contribution in [0.1, 0.15) is 18.9 Å². The van der Waals surface area contributed by atoms with Crippen molar-refractivity contribution in [2.45, 2.75) is 19.8 Å². The van der Waals surface area contributed by atoms with Gasteiger partial charge in [0.2, 0.25) is 0 Å². The van der Waals surface area contributed by atoms with Crippen LogP contribution in [0.15, 0.2) is 21.1 Å². The molecule has 0 unspecified atom stereocenters. The molecule has 1 rings (SSSR count). The number of hydrogen-bond donors (Lipinski definition) is 1. The summed E-state index contributed by atoms with van der Waals surface area (Å²) in [6, 6.07) is 3.64. The second-order valence-corrected chi connectivity index (χ2v) is 4.82. The molecule has 1 aromatic rings. The zero-order chi connectivity index (χ0) is 10.7. The minimum atomic E-state index is 0.172. The van der Waals surface area contributed by atoms with Crippen molar-refractivity contribution >= 4 is 37.6 Å². The van der Waals surface area contributed by atoms with Crippen LogP contribution in [0, 0.1) is 0 Å². The summed E-state index contributed by atoms with van der Waals surface area (Å²) in [5.41, 5.74) is 1.02. The van der Waals surface area contributed by atoms with Gasteiger partial charge in [0, 0.05) is 6.42 Å². The summed E-state index contributed by atoms with van der Waals surface area (Å²) >= 11 is 6.48. The summed E-state index contributed by atoms with van der Waals surface area (Å²) in [5, 5.41) is 9.45. The third-order valence-electron chi connectivity index (χ3n) is 1.84. The highest BCUT2D eigenvalue weighted by molar-refractivity contribution is 9.11. The Labute approximate surface area is 99.6 Å². The monoisotopic (exact) mass is 320 g/mol. The molecule has 0 aliphatic rings. The van der Waals surface area contributed by atoms with Gasteiger partial charge in [-0.1, -0.05) is 0 Å². The largest absolute Gasteiger partial charge is 0.506 e. The molecule has 0 bridgehead atoms. The van der Waals surface area contributed by atoms with E-state index in [1.807, 2.05) is 12.1 Å². The fraction of sp³-hybridized carbons (Fsp3) is 0.300. The molecule has 0 heterocycles. The van der Waals surface area contributed by atoms with Gasteiger partial charge < -0.3 is 9.90 Å². The smallest absolute Gasteiger partial charge is 0.143 e. The Balaban J connectivity index is 2.84. The van der Waals surface area contributed by atoms with Crippen LogP contribution in [-0.4, -0.2) is 10.9 Å². The maximum absolute atomic E-state index is 10.8. The van der Waals surface area contributed by atoms with Crippen molar-refractivity contribution in [3.63, 3.8) is 0 Å². The fourth-order valence-electron chi connectivity index (χ4n) is 1.08. The molecule has 0 aliphatic carbocycles. The number of hydrogen-bond acceptors (Lipinski definition) is 2. The number of carbonyl (C=O) groups excluding carboxylic acids is 1. The van der Waals surface area contributed by atoms with Crippen LogP contribution in [0.25, 0.3) is 0 Å². The number of aromatic hydroxyl groups is 1. The van der Waals surface area contributed by atoms with Gasteiger partial charge in [-0.3, -0.25) is 0 Å². The number of phenolic OH excluding ortho intramolecular Hbond substituents is 1. The molecule has 1 N–H and O–H groups in total. The molecule has 1 aromatic carbocycles. The van der Waals surface area contributed by atoms with E-state index in [-0.39, 0.29) is 11.5 Å². The lowest BCUT2D eigenvalue weighted by atomic mass is 10.1. The van der Waals surface area contributed by atoms with Gasteiger partial charge in [-0.2, -0.15) is 0 Å². The molecule has 0 saturated heterocycles. The van der Waals surface area contributed by atoms with E-state index < -0.39 is 0 Å². The van der Waals surface area contributed by atoms with Crippen LogP contribution in [0.5, 0.6) is 5.75 Å². The Kier molecular flexibility index (Phi) is 4.13. The molecule has 0 aliphatic heterocycles. The number of rotatable bonds is 3. The van der Waals surface area contributed by atoms with E-state index in [1.165, 1.54) is 0 Å². The lowest BCUT2D eigenvalue weighted by molar-refractivity contribution is -0.116. The normalized spacial score (nSPS) is 10.2. The number of benzene rings is 1. The fourth-order valence-corrected chi connectivity index (χ4v) is 2.36. The molecule has 0 saturated carbocycles. The van der Waals surface area contributed by atoms with E-state index in [2.05, 4.69) is 31.9 Å². The molecule has 0 aromatic heterocycles. The first-order valence-corrected chi connectivity index (χ1v) is 5.75. The van der Waals surface area contributed by atoms with Gasteiger partial charge in [0.05, 0.1) is 8.95 Å². The van der Waals surface area contributed by atoms with Crippen LogP contribution in [0.2, 0.25) is 0 Å². The van der Waals surface area contributed by atoms with Gasteiger partial charge in [-0.25, -0.2) is 0 Å². The molecule has 4 heteroatoms. The molecular formula is C10H10Br2O2. The minimum Gasteiger partial charge on any atom is -0.506 e. The number of phenols is 1. The Morgan fingerprint density at radius 1 is 1.36 bits per heavy atom. The van der Waals surface area contributed by atoms with Crippen molar-refractivity contribution in [1.29, 1.82) is 0 Å². The van der Waals surface area contributed by atoms with Crippen LogP contribution < -0.4 is 0 Å². The molecule has 0 fully saturated rings. The van der Waals surface area contributed by atoms with Crippen molar-refractivity contribution in [2.24, 2.45) is 0 Å². The quantitative estimate of drug-likeness (QED) is 0.926. The third-order valence-corrected chi connectivity index (χ3v) is 3.05. The van der Waals surface area contributed by atoms with Crippen LogP contribution in [0.3, 0.4) is 0 Å². The van der Waals surface area contributed by atoms with Gasteiger partial charge in [0.15, 0.2) is 0 Å². The predicted molar refractivity (Wildman–Crippen MR) is 62.5 cm³/mol. The summed E-state index contributed by atoms with van der Waals surface area (Å²) in [4.78, 5) is 10.8. The van der Waals surface area contributed by atoms with Gasteiger partial charge in [0.1, 0.15) is 11.5 Å². The van der Waals surface area contributed by atoms with E-state index >= 15 is 0 Å². The molecule has 14 heavy (non-hydrogen) atoms. The maximum Gasteiger partial charge on any atom is 0.143 e. The Bertz CT molecular complexity index is 338. The minimum absolute atomic E-state index is 0.172. The van der Waals surface area contributed by atoms with Crippen molar-refractivity contribution in [3.05, 3.63) is 26.6 Å². The summed E-state index contributed by atoms with van der Waals surface area (Å²) < 4.78 is 1.29. The number of Topliss-reactive ketones (excluding diaryl/α,β-unsaturated/α-hetero) is 1. The molecule has 0 spiro atoms. The first-order valence-electron chi connectivity index (χ1n) is 4.17. The molecule has 2 nitrogen and oxygen atoms in total. The topological polar surface area (TPSA) is 37.3 Å². The molecule has 0 amide bonds. The maximum atomic E-state index is 10.8. The predicted octanol–water partition coefficient (Wildman–Crippen LogP) is 3.44. The third kappa shape index (κ3) is 3.10. The van der Waals surface area contributed by atoms with Crippen LogP contribution in [0.4, 0.5) is 0 Å². The van der Waals surface area contributed by atoms with Crippen molar-refractivity contribution in [1.82, 2.24) is 0 Å². The Morgan fingerprint density at radius 3 is 2.29 bits per heavy atom. The van der Waals surface area contributed by atoms with E-state index in [1.54, 1.807) is 6.92 Å². The zero-order valence-corrected chi connectivity index (χ0v) is 10.9. The average molecular weight is 322 g/mol. The van der Waals surface area contributed by atoms with E-state index in [4.69, 9.17) is 0 Å². The summed E-state index contributed by atoms with van der Waals surface area (Å²) in [6.45, 7) is 1.57. The Morgan fingerprint density at radius 2 is 1.86 bits per heavy atom. The number of carbonyl (C=O) groups is 1. The standard InChI is InChI=1S/C10H10Br2O2/c1-6(13)2-3-7-4-8(11)10(14)9(12)5-7/h4-5,14H,2-3H2,1H3. The molecular weight excluding hydrogens is 312 g/mol. The summed E-state index contributed by atoms with van der Waals surface area (Å²) in [5.74, 6) is 0.363. The second kappa shape index (κ2) is 4.94. The summed E-state index contributed by atoms with van der Waals surface area (Å²) in [6.07, 6.45) is 1.23. The van der Waals surface area contributed by atoms with Gasteiger partial charge in [-0.15, -0.1) is 0 Å². The van der Waals surface area contributed by atoms with Crippen LogP contribution in [-0.2, 0) is 11.2 Å². The van der Waals surface area contributed by atoms with Crippen molar-refractivity contribution in [2.75, 3.05) is 0 Å². The van der Waals surface area contributed by atoms with Gasteiger partial charge in [-0.05, 0) is 62.9 Å². The lowest BCUT2D eigenvalue weighted by Gasteiger charge is -2.04. The van der Waals surface area contributed by atoms with E-state index in [9.17, 15) is 9.90 Å². The SMILES string of the molecule is CC(=O)CCc1cc(Br)c(O)c(Br)c1. The van der Waals surface area contributed by atoms with E-state index in [0.717, 1.165) is 5.56 Å². The second-order valence-electron chi connectivity index (χ2n) is 3.11. The molecule has 76 valence electrons. The number of halogens is 2. The molecule has 0 radical (unpaired) electrons. The van der Waals surface area contributed by atoms with Gasteiger partial charge in [0.25, 0.3) is 0 Å². The van der Waals surface area contributed by atoms with Crippen LogP contribution >= 0.6 is 31.9 Å². The summed E-state index contributed by atoms with van der Waals surface area (Å²) in [7, 11) is 0. The highest BCUT2D eigenvalue weighted by Gasteiger charge is 2.06. The highest BCUT2D eigenvalue weighted by atomic mass is 79.9. The first kappa shape index (κ1) is 11.7. The number of ketones is 1. The zero-order valence-electron chi connectivity index (χ0n) is 7.68. The molecule has 0 atom stereocenters. The Hall–Kier alpha value is -0.350.